The van der Waals surface area contributed by atoms with E-state index in [4.69, 9.17) is 24.7 Å². The molecule has 0 spiro atoms. The molecule has 2 aliphatic heterocycles. The number of rotatable bonds is 3. The lowest BCUT2D eigenvalue weighted by Crippen LogP contribution is -2.36. The SMILES string of the molecule is NC(=O)c1ccc2c(c1)OCO2.O=C(NC1CCCCC1)c1ccc2c(c1)OCO2. The number of primary amides is 1. The first-order valence-electron chi connectivity index (χ1n) is 10.00. The van der Waals surface area contributed by atoms with Crippen molar-refractivity contribution in [3.63, 3.8) is 0 Å². The maximum absolute atomic E-state index is 12.1. The highest BCUT2D eigenvalue weighted by molar-refractivity contribution is 5.95. The van der Waals surface area contributed by atoms with Crippen LogP contribution >= 0.6 is 0 Å². The second-order valence-corrected chi connectivity index (χ2v) is 7.31. The van der Waals surface area contributed by atoms with Gasteiger partial charge in [-0.05, 0) is 49.2 Å². The number of ether oxygens (including phenoxy) is 4. The van der Waals surface area contributed by atoms with E-state index >= 15 is 0 Å². The Morgan fingerprint density at radius 2 is 1.30 bits per heavy atom. The largest absolute Gasteiger partial charge is 0.454 e. The molecule has 2 amide bonds. The van der Waals surface area contributed by atoms with E-state index in [1.165, 1.54) is 19.3 Å². The molecule has 2 aromatic carbocycles. The number of carbonyl (C=O) groups is 2. The molecule has 158 valence electrons. The summed E-state index contributed by atoms with van der Waals surface area (Å²) in [5, 5.41) is 3.09. The Balaban J connectivity index is 0.000000158. The molecule has 1 saturated carbocycles. The highest BCUT2D eigenvalue weighted by Gasteiger charge is 2.19. The van der Waals surface area contributed by atoms with E-state index in [0.29, 0.717) is 40.2 Å². The summed E-state index contributed by atoms with van der Waals surface area (Å²) in [5.74, 6) is 2.12. The fourth-order valence-corrected chi connectivity index (χ4v) is 3.60. The Bertz CT molecular complexity index is 939. The van der Waals surface area contributed by atoms with Crippen LogP contribution in [0, 0.1) is 0 Å². The minimum absolute atomic E-state index is 0.0137. The molecule has 0 bridgehead atoms. The Morgan fingerprint density at radius 3 is 1.90 bits per heavy atom. The number of nitrogens with two attached hydrogens (primary N) is 1. The van der Waals surface area contributed by atoms with Crippen LogP contribution in [-0.2, 0) is 0 Å². The minimum atomic E-state index is -0.465. The number of amides is 2. The molecule has 3 aliphatic rings. The number of hydrogen-bond donors (Lipinski definition) is 2. The quantitative estimate of drug-likeness (QED) is 0.802. The average molecular weight is 412 g/mol. The van der Waals surface area contributed by atoms with Gasteiger partial charge in [0.2, 0.25) is 19.5 Å². The first-order chi connectivity index (χ1) is 14.6. The van der Waals surface area contributed by atoms with Crippen molar-refractivity contribution in [3.05, 3.63) is 47.5 Å². The molecule has 2 heterocycles. The van der Waals surface area contributed by atoms with E-state index < -0.39 is 5.91 Å². The van der Waals surface area contributed by atoms with E-state index in [1.54, 1.807) is 36.4 Å². The van der Waals surface area contributed by atoms with Crippen LogP contribution in [0.25, 0.3) is 0 Å². The number of nitrogens with one attached hydrogen (secondary N) is 1. The summed E-state index contributed by atoms with van der Waals surface area (Å²) in [6.07, 6.45) is 5.90. The first-order valence-corrected chi connectivity index (χ1v) is 10.00. The fraction of sp³-hybridized carbons (Fsp3) is 0.364. The van der Waals surface area contributed by atoms with Crippen molar-refractivity contribution >= 4 is 11.8 Å². The van der Waals surface area contributed by atoms with Gasteiger partial charge in [-0.2, -0.15) is 0 Å². The summed E-state index contributed by atoms with van der Waals surface area (Å²) in [7, 11) is 0. The van der Waals surface area contributed by atoms with Gasteiger partial charge >= 0.3 is 0 Å². The zero-order chi connectivity index (χ0) is 20.9. The van der Waals surface area contributed by atoms with Crippen LogP contribution in [0.4, 0.5) is 0 Å². The summed E-state index contributed by atoms with van der Waals surface area (Å²) in [6.45, 7) is 0.445. The van der Waals surface area contributed by atoms with Crippen LogP contribution < -0.4 is 30.0 Å². The summed E-state index contributed by atoms with van der Waals surface area (Å²) in [5.41, 5.74) is 6.15. The third-order valence-corrected chi connectivity index (χ3v) is 5.23. The van der Waals surface area contributed by atoms with Gasteiger partial charge in [0.1, 0.15) is 0 Å². The van der Waals surface area contributed by atoms with Gasteiger partial charge in [-0.3, -0.25) is 9.59 Å². The predicted octanol–water partition coefficient (Wildman–Crippen LogP) is 2.99. The molecular formula is C22H24N2O6. The Labute approximate surface area is 174 Å². The standard InChI is InChI=1S/C14H17NO3.C8H7NO3/c16-14(15-11-4-2-1-3-5-11)10-6-7-12-13(8-10)18-9-17-12;9-8(10)5-1-2-6-7(3-5)12-4-11-6/h6-8,11H,1-5,9H2,(H,15,16);1-3H,4H2,(H2,9,10). The van der Waals surface area contributed by atoms with Gasteiger partial charge in [-0.15, -0.1) is 0 Å². The fourth-order valence-electron chi connectivity index (χ4n) is 3.60. The highest BCUT2D eigenvalue weighted by Crippen LogP contribution is 2.33. The third kappa shape index (κ3) is 4.59. The van der Waals surface area contributed by atoms with E-state index in [0.717, 1.165) is 12.8 Å². The molecule has 1 aliphatic carbocycles. The van der Waals surface area contributed by atoms with Crippen molar-refractivity contribution < 1.29 is 28.5 Å². The number of hydrogen-bond acceptors (Lipinski definition) is 6. The minimum Gasteiger partial charge on any atom is -0.454 e. The van der Waals surface area contributed by atoms with E-state index in [-0.39, 0.29) is 19.5 Å². The Kier molecular flexibility index (Phi) is 5.92. The van der Waals surface area contributed by atoms with Crippen LogP contribution in [0.15, 0.2) is 36.4 Å². The van der Waals surface area contributed by atoms with Gasteiger partial charge in [0.05, 0.1) is 0 Å². The number of fused-ring (bicyclic) bond motifs is 2. The lowest BCUT2D eigenvalue weighted by Gasteiger charge is -2.22. The van der Waals surface area contributed by atoms with Gasteiger partial charge in [0.15, 0.2) is 23.0 Å². The van der Waals surface area contributed by atoms with Crippen molar-refractivity contribution in [1.82, 2.24) is 5.32 Å². The third-order valence-electron chi connectivity index (χ3n) is 5.23. The normalized spacial score (nSPS) is 16.4. The first kappa shape index (κ1) is 19.9. The monoisotopic (exact) mass is 412 g/mol. The van der Waals surface area contributed by atoms with Crippen LogP contribution in [0.1, 0.15) is 52.8 Å². The van der Waals surface area contributed by atoms with Gasteiger partial charge < -0.3 is 30.0 Å². The van der Waals surface area contributed by atoms with Crippen LogP contribution in [-0.4, -0.2) is 31.4 Å². The number of benzene rings is 2. The van der Waals surface area contributed by atoms with Crippen LogP contribution in [0.2, 0.25) is 0 Å². The molecule has 0 saturated heterocycles. The molecule has 0 atom stereocenters. The Morgan fingerprint density at radius 1 is 0.767 bits per heavy atom. The molecule has 8 heteroatoms. The molecule has 3 N–H and O–H groups in total. The molecule has 0 aromatic heterocycles. The van der Waals surface area contributed by atoms with Crippen LogP contribution in [0.5, 0.6) is 23.0 Å². The van der Waals surface area contributed by atoms with Gasteiger partial charge in [0, 0.05) is 17.2 Å². The van der Waals surface area contributed by atoms with Crippen LogP contribution in [0.3, 0.4) is 0 Å². The van der Waals surface area contributed by atoms with Crippen molar-refractivity contribution in [2.75, 3.05) is 13.6 Å². The smallest absolute Gasteiger partial charge is 0.251 e. The predicted molar refractivity (Wildman–Crippen MR) is 108 cm³/mol. The zero-order valence-corrected chi connectivity index (χ0v) is 16.5. The maximum atomic E-state index is 12.1. The molecule has 5 rings (SSSR count). The van der Waals surface area contributed by atoms with Gasteiger partial charge in [0.25, 0.3) is 5.91 Å². The second kappa shape index (κ2) is 8.94. The van der Waals surface area contributed by atoms with E-state index in [2.05, 4.69) is 5.32 Å². The lowest BCUT2D eigenvalue weighted by molar-refractivity contribution is 0.0926. The molecular weight excluding hydrogens is 388 g/mol. The summed E-state index contributed by atoms with van der Waals surface area (Å²) in [6, 6.07) is 10.5. The molecule has 1 fully saturated rings. The van der Waals surface area contributed by atoms with Gasteiger partial charge in [-0.25, -0.2) is 0 Å². The summed E-state index contributed by atoms with van der Waals surface area (Å²) in [4.78, 5) is 22.8. The van der Waals surface area contributed by atoms with Crippen molar-refractivity contribution in [1.29, 1.82) is 0 Å². The molecule has 0 radical (unpaired) electrons. The topological polar surface area (TPSA) is 109 Å². The molecule has 30 heavy (non-hydrogen) atoms. The Hall–Kier alpha value is -3.42. The lowest BCUT2D eigenvalue weighted by atomic mass is 9.95. The molecule has 2 aromatic rings. The summed E-state index contributed by atoms with van der Waals surface area (Å²) >= 11 is 0. The van der Waals surface area contributed by atoms with E-state index in [9.17, 15) is 9.59 Å². The van der Waals surface area contributed by atoms with Crippen molar-refractivity contribution in [3.8, 4) is 23.0 Å². The second-order valence-electron chi connectivity index (χ2n) is 7.31. The highest BCUT2D eigenvalue weighted by atomic mass is 16.7. The van der Waals surface area contributed by atoms with Gasteiger partial charge in [-0.1, -0.05) is 19.3 Å². The van der Waals surface area contributed by atoms with E-state index in [1.807, 2.05) is 0 Å². The zero-order valence-electron chi connectivity index (χ0n) is 16.5. The molecule has 0 unspecified atom stereocenters. The molecule has 8 nitrogen and oxygen atoms in total. The maximum Gasteiger partial charge on any atom is 0.251 e. The average Bonchev–Trinajstić information content (AvgIpc) is 3.43. The number of carbonyl (C=O) groups excluding carboxylic acids is 2. The summed E-state index contributed by atoms with van der Waals surface area (Å²) < 4.78 is 20.6. The van der Waals surface area contributed by atoms with Crippen molar-refractivity contribution in [2.24, 2.45) is 5.73 Å². The van der Waals surface area contributed by atoms with Crippen molar-refractivity contribution in [2.45, 2.75) is 38.1 Å².